The van der Waals surface area contributed by atoms with Crippen LogP contribution in [0, 0.1) is 5.92 Å². The van der Waals surface area contributed by atoms with E-state index in [2.05, 4.69) is 16.0 Å². The first-order valence-electron chi connectivity index (χ1n) is 9.01. The molecule has 0 heterocycles. The molecule has 11 heteroatoms. The van der Waals surface area contributed by atoms with Crippen LogP contribution in [-0.4, -0.2) is 64.0 Å². The lowest BCUT2D eigenvalue weighted by Crippen LogP contribution is -2.56. The summed E-state index contributed by atoms with van der Waals surface area (Å²) in [4.78, 5) is 58.2. The van der Waals surface area contributed by atoms with Gasteiger partial charge >= 0.3 is 11.9 Å². The molecule has 0 aliphatic carbocycles. The molecular weight excluding hydrogens is 372 g/mol. The molecule has 7 N–H and O–H groups in total. The van der Waals surface area contributed by atoms with Crippen LogP contribution in [0.4, 0.5) is 0 Å². The minimum Gasteiger partial charge on any atom is -0.481 e. The van der Waals surface area contributed by atoms with Gasteiger partial charge < -0.3 is 31.9 Å². The summed E-state index contributed by atoms with van der Waals surface area (Å²) < 4.78 is 0. The van der Waals surface area contributed by atoms with Crippen molar-refractivity contribution in [3.63, 3.8) is 0 Å². The van der Waals surface area contributed by atoms with Crippen molar-refractivity contribution < 1.29 is 34.2 Å². The van der Waals surface area contributed by atoms with E-state index in [1.165, 1.54) is 13.8 Å². The minimum atomic E-state index is -1.28. The summed E-state index contributed by atoms with van der Waals surface area (Å²) in [5.41, 5.74) is 5.80. The predicted octanol–water partition coefficient (Wildman–Crippen LogP) is -1.20. The van der Waals surface area contributed by atoms with Gasteiger partial charge in [0.25, 0.3) is 0 Å². The number of carbonyl (C=O) groups is 5. The number of nitrogens with two attached hydrogens (primary N) is 1. The van der Waals surface area contributed by atoms with Gasteiger partial charge in [-0.2, -0.15) is 0 Å². The van der Waals surface area contributed by atoms with Crippen LogP contribution in [0.25, 0.3) is 0 Å². The van der Waals surface area contributed by atoms with E-state index in [0.717, 1.165) is 0 Å². The summed E-state index contributed by atoms with van der Waals surface area (Å²) in [6.07, 6.45) is 0.0140. The summed E-state index contributed by atoms with van der Waals surface area (Å²) >= 11 is 0. The molecule has 0 saturated carbocycles. The third-order valence-electron chi connectivity index (χ3n) is 4.32. The van der Waals surface area contributed by atoms with Gasteiger partial charge in [0.15, 0.2) is 0 Å². The van der Waals surface area contributed by atoms with Crippen molar-refractivity contribution in [3.05, 3.63) is 0 Å². The number of carboxylic acids is 2. The molecule has 28 heavy (non-hydrogen) atoms. The van der Waals surface area contributed by atoms with Gasteiger partial charge in [-0.05, 0) is 26.2 Å². The Hall–Kier alpha value is -2.69. The van der Waals surface area contributed by atoms with Crippen LogP contribution >= 0.6 is 0 Å². The molecule has 0 aliphatic rings. The first-order chi connectivity index (χ1) is 12.9. The summed E-state index contributed by atoms with van der Waals surface area (Å²) in [6, 6.07) is -4.32. The fourth-order valence-corrected chi connectivity index (χ4v) is 2.10. The molecule has 0 rings (SSSR count). The number of hydrogen-bond donors (Lipinski definition) is 6. The van der Waals surface area contributed by atoms with Crippen molar-refractivity contribution in [1.82, 2.24) is 16.0 Å². The number of rotatable bonds is 12. The van der Waals surface area contributed by atoms with Crippen LogP contribution in [0.5, 0.6) is 0 Å². The van der Waals surface area contributed by atoms with E-state index in [0.29, 0.717) is 6.42 Å². The van der Waals surface area contributed by atoms with Crippen LogP contribution in [0.3, 0.4) is 0 Å². The third-order valence-corrected chi connectivity index (χ3v) is 4.32. The molecule has 0 aromatic carbocycles. The molecule has 0 radical (unpaired) electrons. The lowest BCUT2D eigenvalue weighted by Gasteiger charge is -2.23. The molecule has 5 atom stereocenters. The zero-order chi connectivity index (χ0) is 22.0. The van der Waals surface area contributed by atoms with E-state index < -0.39 is 60.2 Å². The highest BCUT2D eigenvalue weighted by atomic mass is 16.4. The van der Waals surface area contributed by atoms with E-state index >= 15 is 0 Å². The first kappa shape index (κ1) is 25.3. The normalized spacial score (nSPS) is 16.0. The SMILES string of the molecule is CCC(C)C(N)C(=O)NC(C)C(=O)NC(CCC(=O)O)C(=O)NC(C)C(=O)O. The van der Waals surface area contributed by atoms with Gasteiger partial charge in [0.1, 0.15) is 18.1 Å². The molecule has 0 bridgehead atoms. The summed E-state index contributed by atoms with van der Waals surface area (Å²) in [5, 5.41) is 24.6. The Kier molecular flexibility index (Phi) is 10.8. The van der Waals surface area contributed by atoms with Gasteiger partial charge in [0.2, 0.25) is 17.7 Å². The minimum absolute atomic E-state index is 0.0955. The molecule has 5 unspecified atom stereocenters. The van der Waals surface area contributed by atoms with Gasteiger partial charge in [0, 0.05) is 6.42 Å². The lowest BCUT2D eigenvalue weighted by atomic mass is 9.99. The average molecular weight is 402 g/mol. The molecule has 11 nitrogen and oxygen atoms in total. The van der Waals surface area contributed by atoms with E-state index in [9.17, 15) is 24.0 Å². The van der Waals surface area contributed by atoms with E-state index in [1.807, 2.05) is 6.92 Å². The highest BCUT2D eigenvalue weighted by molar-refractivity contribution is 5.94. The average Bonchev–Trinajstić information content (AvgIpc) is 2.62. The van der Waals surface area contributed by atoms with Gasteiger partial charge in [-0.15, -0.1) is 0 Å². The van der Waals surface area contributed by atoms with Crippen molar-refractivity contribution in [2.45, 2.75) is 71.1 Å². The van der Waals surface area contributed by atoms with Crippen molar-refractivity contribution in [2.75, 3.05) is 0 Å². The van der Waals surface area contributed by atoms with E-state index in [4.69, 9.17) is 15.9 Å². The Morgan fingerprint density at radius 1 is 0.857 bits per heavy atom. The highest BCUT2D eigenvalue weighted by Gasteiger charge is 2.28. The Labute approximate surface area is 163 Å². The van der Waals surface area contributed by atoms with E-state index in [1.54, 1.807) is 6.92 Å². The summed E-state index contributed by atoms with van der Waals surface area (Å²) in [7, 11) is 0. The second-order valence-corrected chi connectivity index (χ2v) is 6.70. The number of amides is 3. The van der Waals surface area contributed by atoms with Gasteiger partial charge in [-0.1, -0.05) is 20.3 Å². The Morgan fingerprint density at radius 2 is 1.39 bits per heavy atom. The molecule has 3 amide bonds. The second-order valence-electron chi connectivity index (χ2n) is 6.70. The molecule has 0 aromatic rings. The molecule has 160 valence electrons. The summed E-state index contributed by atoms with van der Waals surface area (Å²) in [5.74, 6) is -4.64. The highest BCUT2D eigenvalue weighted by Crippen LogP contribution is 2.06. The lowest BCUT2D eigenvalue weighted by molar-refractivity contribution is -0.142. The number of hydrogen-bond acceptors (Lipinski definition) is 6. The monoisotopic (exact) mass is 402 g/mol. The third kappa shape index (κ3) is 8.80. The van der Waals surface area contributed by atoms with Crippen molar-refractivity contribution in [2.24, 2.45) is 11.7 Å². The first-order valence-corrected chi connectivity index (χ1v) is 9.01. The molecule has 0 aliphatic heterocycles. The van der Waals surface area contributed by atoms with Gasteiger partial charge in [-0.3, -0.25) is 24.0 Å². The quantitative estimate of drug-likeness (QED) is 0.235. The number of carboxylic acid groups (broad SMARTS) is 2. The second kappa shape index (κ2) is 11.9. The van der Waals surface area contributed by atoms with Crippen LogP contribution in [-0.2, 0) is 24.0 Å². The molecule has 0 spiro atoms. The van der Waals surface area contributed by atoms with Gasteiger partial charge in [0.05, 0.1) is 6.04 Å². The molecule has 0 fully saturated rings. The Bertz CT molecular complexity index is 596. The smallest absolute Gasteiger partial charge is 0.325 e. The maximum Gasteiger partial charge on any atom is 0.325 e. The molecule has 0 aromatic heterocycles. The maximum absolute atomic E-state index is 12.3. The van der Waals surface area contributed by atoms with Crippen LogP contribution in [0.2, 0.25) is 0 Å². The zero-order valence-corrected chi connectivity index (χ0v) is 16.5. The van der Waals surface area contributed by atoms with Crippen LogP contribution < -0.4 is 21.7 Å². The fraction of sp³-hybridized carbons (Fsp3) is 0.706. The zero-order valence-electron chi connectivity index (χ0n) is 16.5. The summed E-state index contributed by atoms with van der Waals surface area (Å²) in [6.45, 7) is 6.29. The molecule has 0 saturated heterocycles. The Morgan fingerprint density at radius 3 is 1.86 bits per heavy atom. The number of nitrogens with one attached hydrogen (secondary N) is 3. The topological polar surface area (TPSA) is 188 Å². The maximum atomic E-state index is 12.3. The standard InChI is InChI=1S/C17H30N4O7/c1-5-8(2)13(18)16(26)19-9(3)14(24)21-11(6-7-12(22)23)15(25)20-10(4)17(27)28/h8-11,13H,5-7,18H2,1-4H3,(H,19,26)(H,20,25)(H,21,24)(H,22,23)(H,27,28). The number of aliphatic carboxylic acids is 2. The van der Waals surface area contributed by atoms with Crippen LogP contribution in [0.15, 0.2) is 0 Å². The van der Waals surface area contributed by atoms with Crippen molar-refractivity contribution in [1.29, 1.82) is 0 Å². The van der Waals surface area contributed by atoms with Crippen molar-refractivity contribution in [3.8, 4) is 0 Å². The van der Waals surface area contributed by atoms with Crippen LogP contribution in [0.1, 0.15) is 47.0 Å². The number of carbonyl (C=O) groups excluding carboxylic acids is 3. The van der Waals surface area contributed by atoms with Gasteiger partial charge in [-0.25, -0.2) is 0 Å². The van der Waals surface area contributed by atoms with E-state index in [-0.39, 0.29) is 12.3 Å². The molecular formula is C17H30N4O7. The largest absolute Gasteiger partial charge is 0.481 e. The van der Waals surface area contributed by atoms with Crippen molar-refractivity contribution >= 4 is 29.7 Å². The predicted molar refractivity (Wildman–Crippen MR) is 99.1 cm³/mol. The fourth-order valence-electron chi connectivity index (χ4n) is 2.10. The Balaban J connectivity index is 5.01.